The molecule has 1 saturated heterocycles. The van der Waals surface area contributed by atoms with Gasteiger partial charge < -0.3 is 20.7 Å². The molecule has 25 heavy (non-hydrogen) atoms. The van der Waals surface area contributed by atoms with Crippen molar-refractivity contribution in [1.29, 1.82) is 0 Å². The van der Waals surface area contributed by atoms with Crippen LogP contribution in [0.5, 0.6) is 5.75 Å². The molecule has 2 aromatic carbocycles. The van der Waals surface area contributed by atoms with Crippen LogP contribution in [0, 0.1) is 0 Å². The van der Waals surface area contributed by atoms with Crippen LogP contribution < -0.4 is 20.7 Å². The van der Waals surface area contributed by atoms with Gasteiger partial charge in [0, 0.05) is 18.3 Å². The molecule has 1 aliphatic rings. The van der Waals surface area contributed by atoms with Crippen LogP contribution in [-0.4, -0.2) is 32.1 Å². The number of amides is 1. The molecule has 0 aromatic heterocycles. The highest BCUT2D eigenvalue weighted by Crippen LogP contribution is 2.23. The molecule has 0 aliphatic carbocycles. The Labute approximate surface area is 154 Å². The van der Waals surface area contributed by atoms with Crippen LogP contribution in [0.2, 0.25) is 0 Å². The lowest BCUT2D eigenvalue weighted by Crippen LogP contribution is -2.45. The molecule has 1 amide bonds. The average molecular weight is 362 g/mol. The van der Waals surface area contributed by atoms with Gasteiger partial charge in [-0.05, 0) is 55.8 Å². The zero-order chi connectivity index (χ0) is 16.8. The Morgan fingerprint density at radius 1 is 1.16 bits per heavy atom. The summed E-state index contributed by atoms with van der Waals surface area (Å²) in [6.07, 6.45) is 2.11. The van der Waals surface area contributed by atoms with Crippen molar-refractivity contribution in [2.45, 2.75) is 18.9 Å². The number of carbonyl (C=O) groups is 1. The molecule has 6 heteroatoms. The van der Waals surface area contributed by atoms with Crippen molar-refractivity contribution < 1.29 is 9.53 Å². The maximum Gasteiger partial charge on any atom is 0.253 e. The lowest BCUT2D eigenvalue weighted by Gasteiger charge is -2.24. The highest BCUT2D eigenvalue weighted by atomic mass is 35.5. The SMILES string of the molecule is COc1ccc(Nc2ccccc2C(=O)N[C@H]2CCCNC2)cc1.Cl. The Morgan fingerprint density at radius 2 is 1.92 bits per heavy atom. The Bertz CT molecular complexity index is 685. The second-order valence-corrected chi connectivity index (χ2v) is 5.92. The molecule has 1 fully saturated rings. The predicted octanol–water partition coefficient (Wildman–Crippen LogP) is 3.34. The number of piperidine rings is 1. The molecule has 3 rings (SSSR count). The molecule has 134 valence electrons. The van der Waals surface area contributed by atoms with Gasteiger partial charge in [-0.15, -0.1) is 12.4 Å². The first kappa shape index (κ1) is 19.1. The highest BCUT2D eigenvalue weighted by molar-refractivity contribution is 6.00. The molecule has 2 aromatic rings. The molecule has 5 nitrogen and oxygen atoms in total. The van der Waals surface area contributed by atoms with E-state index >= 15 is 0 Å². The van der Waals surface area contributed by atoms with E-state index in [0.29, 0.717) is 5.56 Å². The second-order valence-electron chi connectivity index (χ2n) is 5.92. The van der Waals surface area contributed by atoms with Gasteiger partial charge in [0.05, 0.1) is 18.4 Å². The summed E-state index contributed by atoms with van der Waals surface area (Å²) in [5, 5.41) is 9.74. The van der Waals surface area contributed by atoms with Gasteiger partial charge >= 0.3 is 0 Å². The quantitative estimate of drug-likeness (QED) is 0.764. The summed E-state index contributed by atoms with van der Waals surface area (Å²) in [5.74, 6) is 0.761. The van der Waals surface area contributed by atoms with Crippen molar-refractivity contribution >= 4 is 29.7 Å². The van der Waals surface area contributed by atoms with Gasteiger partial charge in [-0.2, -0.15) is 0 Å². The summed E-state index contributed by atoms with van der Waals surface area (Å²) in [4.78, 5) is 12.6. The standard InChI is InChI=1S/C19H23N3O2.ClH/c1-24-16-10-8-14(9-11-16)21-18-7-3-2-6-17(18)19(23)22-15-5-4-12-20-13-15;/h2-3,6-11,15,20-21H,4-5,12-13H2,1H3,(H,22,23);1H/t15-;/m0./s1. The summed E-state index contributed by atoms with van der Waals surface area (Å²) in [6.45, 7) is 1.86. The summed E-state index contributed by atoms with van der Waals surface area (Å²) >= 11 is 0. The number of halogens is 1. The van der Waals surface area contributed by atoms with E-state index < -0.39 is 0 Å². The molecular weight excluding hydrogens is 338 g/mol. The first-order chi connectivity index (χ1) is 11.8. The van der Waals surface area contributed by atoms with Crippen LogP contribution in [0.3, 0.4) is 0 Å². The number of benzene rings is 2. The summed E-state index contributed by atoms with van der Waals surface area (Å²) in [6, 6.07) is 15.4. The molecule has 0 bridgehead atoms. The van der Waals surface area contributed by atoms with Crippen molar-refractivity contribution in [3.63, 3.8) is 0 Å². The number of hydrogen-bond donors (Lipinski definition) is 3. The van der Waals surface area contributed by atoms with Gasteiger partial charge in [0.25, 0.3) is 5.91 Å². The van der Waals surface area contributed by atoms with Crippen molar-refractivity contribution in [2.24, 2.45) is 0 Å². The van der Waals surface area contributed by atoms with Crippen LogP contribution in [0.25, 0.3) is 0 Å². The van der Waals surface area contributed by atoms with Gasteiger partial charge in [-0.3, -0.25) is 4.79 Å². The van der Waals surface area contributed by atoms with Crippen LogP contribution >= 0.6 is 12.4 Å². The van der Waals surface area contributed by atoms with Crippen LogP contribution in [-0.2, 0) is 0 Å². The van der Waals surface area contributed by atoms with E-state index in [-0.39, 0.29) is 24.4 Å². The van der Waals surface area contributed by atoms with Crippen molar-refractivity contribution in [3.05, 3.63) is 54.1 Å². The Hall–Kier alpha value is -2.24. The van der Waals surface area contributed by atoms with E-state index in [0.717, 1.165) is 43.1 Å². The zero-order valence-electron chi connectivity index (χ0n) is 14.2. The van der Waals surface area contributed by atoms with Crippen molar-refractivity contribution in [3.8, 4) is 5.75 Å². The lowest BCUT2D eigenvalue weighted by atomic mass is 10.1. The molecule has 0 spiro atoms. The zero-order valence-corrected chi connectivity index (χ0v) is 15.1. The third kappa shape index (κ3) is 5.11. The van der Waals surface area contributed by atoms with E-state index in [1.54, 1.807) is 7.11 Å². The molecule has 1 heterocycles. The van der Waals surface area contributed by atoms with E-state index in [2.05, 4.69) is 16.0 Å². The Morgan fingerprint density at radius 3 is 2.60 bits per heavy atom. The minimum absolute atomic E-state index is 0. The monoisotopic (exact) mass is 361 g/mol. The molecule has 1 atom stereocenters. The number of methoxy groups -OCH3 is 1. The maximum absolute atomic E-state index is 12.6. The van der Waals surface area contributed by atoms with E-state index in [4.69, 9.17) is 4.74 Å². The van der Waals surface area contributed by atoms with Crippen LogP contribution in [0.15, 0.2) is 48.5 Å². The van der Waals surface area contributed by atoms with Crippen LogP contribution in [0.4, 0.5) is 11.4 Å². The lowest BCUT2D eigenvalue weighted by molar-refractivity contribution is 0.0931. The van der Waals surface area contributed by atoms with Gasteiger partial charge in [0.1, 0.15) is 5.75 Å². The van der Waals surface area contributed by atoms with E-state index in [1.807, 2.05) is 48.5 Å². The van der Waals surface area contributed by atoms with Gasteiger partial charge in [-0.1, -0.05) is 12.1 Å². The topological polar surface area (TPSA) is 62.4 Å². The van der Waals surface area contributed by atoms with E-state index in [1.165, 1.54) is 0 Å². The minimum Gasteiger partial charge on any atom is -0.497 e. The van der Waals surface area contributed by atoms with Gasteiger partial charge in [0.2, 0.25) is 0 Å². The number of ether oxygens (including phenoxy) is 1. The fourth-order valence-electron chi connectivity index (χ4n) is 2.86. The molecule has 1 aliphatic heterocycles. The smallest absolute Gasteiger partial charge is 0.253 e. The largest absolute Gasteiger partial charge is 0.497 e. The number of anilines is 2. The molecular formula is C19H24ClN3O2. The van der Waals surface area contributed by atoms with Crippen molar-refractivity contribution in [1.82, 2.24) is 10.6 Å². The van der Waals surface area contributed by atoms with E-state index in [9.17, 15) is 4.79 Å². The molecule has 0 saturated carbocycles. The Balaban J connectivity index is 0.00000225. The minimum atomic E-state index is -0.0414. The van der Waals surface area contributed by atoms with Gasteiger partial charge in [-0.25, -0.2) is 0 Å². The van der Waals surface area contributed by atoms with Crippen LogP contribution in [0.1, 0.15) is 23.2 Å². The fourth-order valence-corrected chi connectivity index (χ4v) is 2.86. The number of rotatable bonds is 5. The first-order valence-electron chi connectivity index (χ1n) is 8.28. The van der Waals surface area contributed by atoms with Gasteiger partial charge in [0.15, 0.2) is 0 Å². The number of para-hydroxylation sites is 1. The average Bonchev–Trinajstić information content (AvgIpc) is 2.63. The number of nitrogens with one attached hydrogen (secondary N) is 3. The fraction of sp³-hybridized carbons (Fsp3) is 0.316. The summed E-state index contributed by atoms with van der Waals surface area (Å²) in [5.41, 5.74) is 2.36. The molecule has 3 N–H and O–H groups in total. The first-order valence-corrected chi connectivity index (χ1v) is 8.28. The van der Waals surface area contributed by atoms with Crippen molar-refractivity contribution in [2.75, 3.05) is 25.5 Å². The summed E-state index contributed by atoms with van der Waals surface area (Å²) in [7, 11) is 1.64. The second kappa shape index (κ2) is 9.30. The molecule has 0 radical (unpaired) electrons. The number of hydrogen-bond acceptors (Lipinski definition) is 4. The summed E-state index contributed by atoms with van der Waals surface area (Å²) < 4.78 is 5.17. The third-order valence-corrected chi connectivity index (χ3v) is 4.17. The Kier molecular flexibility index (Phi) is 7.10. The third-order valence-electron chi connectivity index (χ3n) is 4.17. The maximum atomic E-state index is 12.6. The highest BCUT2D eigenvalue weighted by Gasteiger charge is 2.18. The number of carbonyl (C=O) groups excluding carboxylic acids is 1. The molecule has 0 unspecified atom stereocenters. The normalized spacial score (nSPS) is 16.4. The predicted molar refractivity (Wildman–Crippen MR) is 103 cm³/mol.